The SMILES string of the molecule is C[C@H]1CC(=O)c2cnc(NC(=O)CSc3nnnn3-c3ccccc3)nc2C1. The number of nitrogens with zero attached hydrogens (tertiary/aromatic N) is 6. The number of carbonyl (C=O) groups excluding carboxylic acids is 2. The summed E-state index contributed by atoms with van der Waals surface area (Å²) in [4.78, 5) is 32.8. The Morgan fingerprint density at radius 3 is 2.93 bits per heavy atom. The van der Waals surface area contributed by atoms with E-state index in [0.717, 1.165) is 5.69 Å². The van der Waals surface area contributed by atoms with E-state index in [2.05, 4.69) is 30.8 Å². The van der Waals surface area contributed by atoms with Gasteiger partial charge in [-0.1, -0.05) is 36.9 Å². The van der Waals surface area contributed by atoms with Crippen molar-refractivity contribution in [1.82, 2.24) is 30.2 Å². The zero-order valence-electron chi connectivity index (χ0n) is 15.1. The molecule has 0 bridgehead atoms. The second-order valence-electron chi connectivity index (χ2n) is 6.54. The molecule has 28 heavy (non-hydrogen) atoms. The third kappa shape index (κ3) is 3.91. The lowest BCUT2D eigenvalue weighted by Crippen LogP contribution is -2.22. The second kappa shape index (κ2) is 7.85. The number of Topliss-reactive ketones (excluding diaryl/α,β-unsaturated/α-hetero) is 1. The molecular weight excluding hydrogens is 378 g/mol. The van der Waals surface area contributed by atoms with Gasteiger partial charge in [0.2, 0.25) is 17.0 Å². The molecule has 10 heteroatoms. The summed E-state index contributed by atoms with van der Waals surface area (Å²) in [5, 5.41) is 14.8. The first kappa shape index (κ1) is 18.2. The molecule has 2 aromatic heterocycles. The topological polar surface area (TPSA) is 116 Å². The maximum atomic E-state index is 12.3. The molecule has 1 atom stereocenters. The predicted octanol–water partition coefficient (Wildman–Crippen LogP) is 1.95. The molecule has 1 aliphatic carbocycles. The first-order valence-corrected chi connectivity index (χ1v) is 9.74. The number of nitrogens with one attached hydrogen (secondary N) is 1. The molecule has 1 amide bonds. The summed E-state index contributed by atoms with van der Waals surface area (Å²) in [5.41, 5.74) is 2.05. The summed E-state index contributed by atoms with van der Waals surface area (Å²) in [7, 11) is 0. The highest BCUT2D eigenvalue weighted by Crippen LogP contribution is 2.24. The van der Waals surface area contributed by atoms with Gasteiger partial charge >= 0.3 is 0 Å². The second-order valence-corrected chi connectivity index (χ2v) is 7.48. The van der Waals surface area contributed by atoms with Gasteiger partial charge in [-0.2, -0.15) is 4.68 Å². The summed E-state index contributed by atoms with van der Waals surface area (Å²) < 4.78 is 1.57. The predicted molar refractivity (Wildman–Crippen MR) is 102 cm³/mol. The molecule has 9 nitrogen and oxygen atoms in total. The van der Waals surface area contributed by atoms with Gasteiger partial charge in [0.15, 0.2) is 5.78 Å². The summed E-state index contributed by atoms with van der Waals surface area (Å²) in [5.74, 6) is 0.320. The minimum atomic E-state index is -0.275. The zero-order chi connectivity index (χ0) is 19.5. The molecule has 1 aromatic carbocycles. The van der Waals surface area contributed by atoms with Crippen LogP contribution in [0.3, 0.4) is 0 Å². The fraction of sp³-hybridized carbons (Fsp3) is 0.278. The largest absolute Gasteiger partial charge is 0.294 e. The third-order valence-corrected chi connectivity index (χ3v) is 5.19. The minimum Gasteiger partial charge on any atom is -0.294 e. The average Bonchev–Trinajstić information content (AvgIpc) is 3.15. The van der Waals surface area contributed by atoms with Crippen LogP contribution in [0.1, 0.15) is 29.4 Å². The van der Waals surface area contributed by atoms with Crippen LogP contribution in [0.15, 0.2) is 41.7 Å². The van der Waals surface area contributed by atoms with Gasteiger partial charge < -0.3 is 0 Å². The number of para-hydroxylation sites is 1. The molecule has 3 aromatic rings. The van der Waals surface area contributed by atoms with Gasteiger partial charge in [-0.15, -0.1) is 5.10 Å². The van der Waals surface area contributed by atoms with Crippen molar-refractivity contribution in [2.75, 3.05) is 11.1 Å². The van der Waals surface area contributed by atoms with Crippen LogP contribution in [0.5, 0.6) is 0 Å². The van der Waals surface area contributed by atoms with Gasteiger partial charge in [-0.05, 0) is 34.9 Å². The molecule has 0 radical (unpaired) electrons. The number of tetrazole rings is 1. The Balaban J connectivity index is 1.40. The van der Waals surface area contributed by atoms with E-state index in [4.69, 9.17) is 0 Å². The number of rotatable bonds is 5. The lowest BCUT2D eigenvalue weighted by Gasteiger charge is -2.19. The Hall–Kier alpha value is -3.14. The molecular formula is C18H17N7O2S. The van der Waals surface area contributed by atoms with Gasteiger partial charge in [0.05, 0.1) is 22.7 Å². The van der Waals surface area contributed by atoms with E-state index >= 15 is 0 Å². The van der Waals surface area contributed by atoms with Crippen molar-refractivity contribution >= 4 is 29.4 Å². The van der Waals surface area contributed by atoms with Crippen molar-refractivity contribution in [2.24, 2.45) is 5.92 Å². The number of carbonyl (C=O) groups is 2. The number of ketones is 1. The van der Waals surface area contributed by atoms with Crippen molar-refractivity contribution in [2.45, 2.75) is 24.9 Å². The Bertz CT molecular complexity index is 1020. The van der Waals surface area contributed by atoms with E-state index in [9.17, 15) is 9.59 Å². The van der Waals surface area contributed by atoms with Crippen LogP contribution >= 0.6 is 11.8 Å². The smallest absolute Gasteiger partial charge is 0.237 e. The first-order valence-electron chi connectivity index (χ1n) is 8.75. The van der Waals surface area contributed by atoms with E-state index < -0.39 is 0 Å². The highest BCUT2D eigenvalue weighted by atomic mass is 32.2. The van der Waals surface area contributed by atoms with E-state index in [1.54, 1.807) is 4.68 Å². The molecule has 0 unspecified atom stereocenters. The number of benzene rings is 1. The molecule has 4 rings (SSSR count). The van der Waals surface area contributed by atoms with E-state index in [1.165, 1.54) is 18.0 Å². The van der Waals surface area contributed by atoms with Gasteiger partial charge in [-0.3, -0.25) is 14.9 Å². The van der Waals surface area contributed by atoms with Crippen molar-refractivity contribution < 1.29 is 9.59 Å². The summed E-state index contributed by atoms with van der Waals surface area (Å²) in [6, 6.07) is 9.43. The Morgan fingerprint density at radius 2 is 2.11 bits per heavy atom. The Labute approximate surface area is 165 Å². The number of thioether (sulfide) groups is 1. The highest BCUT2D eigenvalue weighted by Gasteiger charge is 2.24. The molecule has 142 valence electrons. The van der Waals surface area contributed by atoms with Gasteiger partial charge in [0, 0.05) is 12.6 Å². The number of hydrogen-bond acceptors (Lipinski definition) is 8. The van der Waals surface area contributed by atoms with E-state index in [0.29, 0.717) is 29.3 Å². The number of amides is 1. The highest BCUT2D eigenvalue weighted by molar-refractivity contribution is 7.99. The van der Waals surface area contributed by atoms with Crippen LogP contribution < -0.4 is 5.32 Å². The van der Waals surface area contributed by atoms with E-state index in [1.807, 2.05) is 37.3 Å². The molecule has 0 spiro atoms. The first-order chi connectivity index (χ1) is 13.6. The maximum absolute atomic E-state index is 12.3. The quantitative estimate of drug-likeness (QED) is 0.652. The Morgan fingerprint density at radius 1 is 1.29 bits per heavy atom. The van der Waals surface area contributed by atoms with Crippen LogP contribution in [-0.2, 0) is 11.2 Å². The lowest BCUT2D eigenvalue weighted by molar-refractivity contribution is -0.113. The van der Waals surface area contributed by atoms with Crippen LogP contribution in [-0.4, -0.2) is 47.6 Å². The fourth-order valence-corrected chi connectivity index (χ4v) is 3.68. The van der Waals surface area contributed by atoms with Crippen LogP contribution in [0, 0.1) is 5.92 Å². The maximum Gasteiger partial charge on any atom is 0.237 e. The third-order valence-electron chi connectivity index (χ3n) is 4.27. The minimum absolute atomic E-state index is 0.0509. The monoisotopic (exact) mass is 395 g/mol. The van der Waals surface area contributed by atoms with Gasteiger partial charge in [-0.25, -0.2) is 9.97 Å². The fourth-order valence-electron chi connectivity index (χ4n) is 2.99. The average molecular weight is 395 g/mol. The molecule has 1 aliphatic rings. The number of aromatic nitrogens is 6. The number of anilines is 1. The van der Waals surface area contributed by atoms with Crippen molar-refractivity contribution in [3.8, 4) is 5.69 Å². The van der Waals surface area contributed by atoms with Gasteiger partial charge in [0.1, 0.15) is 0 Å². The molecule has 0 fully saturated rings. The van der Waals surface area contributed by atoms with Crippen molar-refractivity contribution in [1.29, 1.82) is 0 Å². The zero-order valence-corrected chi connectivity index (χ0v) is 15.9. The normalized spacial score (nSPS) is 15.9. The van der Waals surface area contributed by atoms with Crippen molar-refractivity contribution in [3.63, 3.8) is 0 Å². The summed E-state index contributed by atoms with van der Waals surface area (Å²) in [6.07, 6.45) is 2.71. The summed E-state index contributed by atoms with van der Waals surface area (Å²) in [6.45, 7) is 2.01. The molecule has 1 N–H and O–H groups in total. The summed E-state index contributed by atoms with van der Waals surface area (Å²) >= 11 is 1.21. The standard InChI is InChI=1S/C18H17N7O2S/c1-11-7-14-13(15(26)8-11)9-19-17(20-14)21-16(27)10-28-18-22-23-24-25(18)12-5-3-2-4-6-12/h2-6,9,11H,7-8,10H2,1H3,(H,19,20,21,27)/t11-/m1/s1. The van der Waals surface area contributed by atoms with Crippen molar-refractivity contribution in [3.05, 3.63) is 47.8 Å². The molecule has 0 aliphatic heterocycles. The van der Waals surface area contributed by atoms with Crippen LogP contribution in [0.2, 0.25) is 0 Å². The molecule has 2 heterocycles. The van der Waals surface area contributed by atoms with E-state index in [-0.39, 0.29) is 29.3 Å². The number of hydrogen-bond donors (Lipinski definition) is 1. The van der Waals surface area contributed by atoms with Crippen LogP contribution in [0.4, 0.5) is 5.95 Å². The number of fused-ring (bicyclic) bond motifs is 1. The van der Waals surface area contributed by atoms with Gasteiger partial charge in [0.25, 0.3) is 0 Å². The Kier molecular flexibility index (Phi) is 5.11. The lowest BCUT2D eigenvalue weighted by atomic mass is 9.88. The molecule has 0 saturated carbocycles. The molecule has 0 saturated heterocycles. The van der Waals surface area contributed by atoms with Crippen LogP contribution in [0.25, 0.3) is 5.69 Å².